The van der Waals surface area contributed by atoms with Crippen molar-refractivity contribution in [1.29, 1.82) is 0 Å². The highest BCUT2D eigenvalue weighted by Crippen LogP contribution is 2.13. The van der Waals surface area contributed by atoms with E-state index in [1.54, 1.807) is 17.3 Å². The molecule has 0 aliphatic carbocycles. The highest BCUT2D eigenvalue weighted by atomic mass is 127. The van der Waals surface area contributed by atoms with Gasteiger partial charge in [0.25, 0.3) is 0 Å². The average Bonchev–Trinajstić information content (AvgIpc) is 3.28. The van der Waals surface area contributed by atoms with Crippen molar-refractivity contribution in [3.63, 3.8) is 0 Å². The molecule has 0 saturated carbocycles. The van der Waals surface area contributed by atoms with E-state index in [9.17, 15) is 9.59 Å². The molecule has 2 heterocycles. The number of guanidine groups is 1. The second-order valence-electron chi connectivity index (χ2n) is 8.83. The zero-order valence-corrected chi connectivity index (χ0v) is 22.6. The van der Waals surface area contributed by atoms with Crippen molar-refractivity contribution >= 4 is 41.9 Å². The molecule has 9 nitrogen and oxygen atoms in total. The number of halogens is 1. The van der Waals surface area contributed by atoms with Gasteiger partial charge in [-0.05, 0) is 58.6 Å². The minimum absolute atomic E-state index is 0. The van der Waals surface area contributed by atoms with E-state index in [1.807, 2.05) is 44.7 Å². The van der Waals surface area contributed by atoms with Gasteiger partial charge in [0.1, 0.15) is 12.1 Å². The van der Waals surface area contributed by atoms with Gasteiger partial charge in [-0.3, -0.25) is 9.78 Å². The molecule has 186 valence electrons. The van der Waals surface area contributed by atoms with Gasteiger partial charge in [0.2, 0.25) is 5.91 Å². The Morgan fingerprint density at radius 1 is 1.24 bits per heavy atom. The van der Waals surface area contributed by atoms with E-state index in [1.165, 1.54) is 0 Å². The van der Waals surface area contributed by atoms with Crippen LogP contribution in [0.3, 0.4) is 0 Å². The third-order valence-corrected chi connectivity index (χ3v) is 4.82. The molecule has 2 rings (SSSR count). The van der Waals surface area contributed by atoms with Crippen LogP contribution in [-0.2, 0) is 16.1 Å². The molecule has 1 fully saturated rings. The van der Waals surface area contributed by atoms with E-state index >= 15 is 0 Å². The summed E-state index contributed by atoms with van der Waals surface area (Å²) in [6, 6.07) is 3.79. The molecule has 1 aromatic rings. The van der Waals surface area contributed by atoms with E-state index in [0.29, 0.717) is 38.6 Å². The molecule has 0 bridgehead atoms. The zero-order chi connectivity index (χ0) is 23.4. The minimum Gasteiger partial charge on any atom is -0.444 e. The second kappa shape index (κ2) is 14.9. The monoisotopic (exact) mass is 574 g/mol. The molecule has 0 atom stereocenters. The number of aliphatic imine (C=N–C) groups is 1. The summed E-state index contributed by atoms with van der Waals surface area (Å²) in [5.74, 6) is 0.670. The van der Waals surface area contributed by atoms with Crippen LogP contribution < -0.4 is 10.6 Å². The molecular weight excluding hydrogens is 535 g/mol. The summed E-state index contributed by atoms with van der Waals surface area (Å²) >= 11 is 0. The van der Waals surface area contributed by atoms with Gasteiger partial charge in [0, 0.05) is 45.1 Å². The maximum absolute atomic E-state index is 12.7. The van der Waals surface area contributed by atoms with Gasteiger partial charge in [0.05, 0.1) is 6.54 Å². The molecule has 33 heavy (non-hydrogen) atoms. The third kappa shape index (κ3) is 11.5. The summed E-state index contributed by atoms with van der Waals surface area (Å²) in [7, 11) is 0. The lowest BCUT2D eigenvalue weighted by Gasteiger charge is -2.27. The molecule has 1 aromatic heterocycles. The predicted octanol–water partition coefficient (Wildman–Crippen LogP) is 3.00. The molecule has 2 amide bonds. The molecule has 1 saturated heterocycles. The fraction of sp³-hybridized carbons (Fsp3) is 0.652. The fourth-order valence-corrected chi connectivity index (χ4v) is 3.31. The Morgan fingerprint density at radius 2 is 1.97 bits per heavy atom. The van der Waals surface area contributed by atoms with Crippen molar-refractivity contribution in [3.05, 3.63) is 30.1 Å². The van der Waals surface area contributed by atoms with Crippen LogP contribution in [0.5, 0.6) is 0 Å². The van der Waals surface area contributed by atoms with Crippen LogP contribution in [-0.4, -0.2) is 77.6 Å². The topological polar surface area (TPSA) is 99.2 Å². The lowest BCUT2D eigenvalue weighted by Crippen LogP contribution is -2.41. The van der Waals surface area contributed by atoms with Crippen molar-refractivity contribution in [3.8, 4) is 0 Å². The fourth-order valence-electron chi connectivity index (χ4n) is 3.31. The van der Waals surface area contributed by atoms with E-state index in [-0.39, 0.29) is 42.5 Å². The first-order chi connectivity index (χ1) is 15.3. The Bertz CT molecular complexity index is 748. The Labute approximate surface area is 214 Å². The molecule has 1 aliphatic heterocycles. The van der Waals surface area contributed by atoms with E-state index < -0.39 is 5.60 Å². The van der Waals surface area contributed by atoms with E-state index in [0.717, 1.165) is 31.5 Å². The Morgan fingerprint density at radius 3 is 2.58 bits per heavy atom. The lowest BCUT2D eigenvalue weighted by atomic mass is 10.2. The van der Waals surface area contributed by atoms with Gasteiger partial charge in [-0.2, -0.15) is 0 Å². The number of hydrogen-bond donors (Lipinski definition) is 2. The number of ether oxygens (including phenoxy) is 1. The van der Waals surface area contributed by atoms with Crippen molar-refractivity contribution in [2.45, 2.75) is 59.1 Å². The average molecular weight is 575 g/mol. The smallest absolute Gasteiger partial charge is 0.410 e. The molecular formula is C23H39IN6O3. The second-order valence-corrected chi connectivity index (χ2v) is 8.83. The van der Waals surface area contributed by atoms with Crippen LogP contribution in [0.1, 0.15) is 52.5 Å². The number of hydrogen-bond acceptors (Lipinski definition) is 5. The van der Waals surface area contributed by atoms with Crippen LogP contribution in [0, 0.1) is 0 Å². The van der Waals surface area contributed by atoms with Gasteiger partial charge in [-0.1, -0.05) is 6.07 Å². The quantitative estimate of drug-likeness (QED) is 0.204. The maximum Gasteiger partial charge on any atom is 0.410 e. The number of carbonyl (C=O) groups excluding carboxylic acids is 2. The molecule has 1 aliphatic rings. The van der Waals surface area contributed by atoms with Gasteiger partial charge >= 0.3 is 6.09 Å². The number of carbonyl (C=O) groups is 2. The third-order valence-electron chi connectivity index (χ3n) is 4.82. The normalized spacial score (nSPS) is 13.8. The number of aromatic nitrogens is 1. The van der Waals surface area contributed by atoms with Crippen molar-refractivity contribution in [2.24, 2.45) is 4.99 Å². The number of amides is 2. The van der Waals surface area contributed by atoms with Gasteiger partial charge < -0.3 is 25.2 Å². The minimum atomic E-state index is -0.560. The number of likely N-dealkylation sites (tertiary alicyclic amines) is 1. The van der Waals surface area contributed by atoms with Crippen LogP contribution in [0.15, 0.2) is 29.5 Å². The first-order valence-corrected chi connectivity index (χ1v) is 11.5. The number of nitrogens with one attached hydrogen (secondary N) is 2. The lowest BCUT2D eigenvalue weighted by molar-refractivity contribution is -0.128. The molecule has 0 aromatic carbocycles. The van der Waals surface area contributed by atoms with Crippen molar-refractivity contribution in [1.82, 2.24) is 25.4 Å². The predicted molar refractivity (Wildman–Crippen MR) is 141 cm³/mol. The first kappa shape index (κ1) is 28.9. The molecule has 10 heteroatoms. The highest BCUT2D eigenvalue weighted by molar-refractivity contribution is 14.0. The first-order valence-electron chi connectivity index (χ1n) is 11.5. The van der Waals surface area contributed by atoms with Crippen molar-refractivity contribution < 1.29 is 14.3 Å². The van der Waals surface area contributed by atoms with E-state index in [4.69, 9.17) is 4.74 Å². The molecule has 0 spiro atoms. The van der Waals surface area contributed by atoms with Gasteiger partial charge in [-0.25, -0.2) is 9.79 Å². The summed E-state index contributed by atoms with van der Waals surface area (Å²) in [5, 5.41) is 6.42. The summed E-state index contributed by atoms with van der Waals surface area (Å²) < 4.78 is 5.57. The Kier molecular flexibility index (Phi) is 13.1. The summed E-state index contributed by atoms with van der Waals surface area (Å²) in [6.07, 6.45) is 5.95. The largest absolute Gasteiger partial charge is 0.444 e. The van der Waals surface area contributed by atoms with E-state index in [2.05, 4.69) is 20.6 Å². The zero-order valence-electron chi connectivity index (χ0n) is 20.3. The number of pyridine rings is 1. The number of rotatable bonds is 9. The molecule has 0 unspecified atom stereocenters. The summed E-state index contributed by atoms with van der Waals surface area (Å²) in [5.41, 5.74) is 0.386. The van der Waals surface area contributed by atoms with Crippen LogP contribution >= 0.6 is 24.0 Å². The SMILES string of the molecule is CCNC(=NCC(=O)N1CCCC1)NCCCN(Cc1cccnc1)C(=O)OC(C)(C)C.I. The summed E-state index contributed by atoms with van der Waals surface area (Å²) in [6.45, 7) is 11.6. The van der Waals surface area contributed by atoms with Crippen LogP contribution in [0.25, 0.3) is 0 Å². The standard InChI is InChI=1S/C23H38N6O3.HI/c1-5-25-21(27-17-20(30)28-13-6-7-14-28)26-12-9-15-29(22(31)32-23(2,3)4)18-19-10-8-11-24-16-19;/h8,10-11,16H,5-7,9,12-15,17-18H2,1-4H3,(H2,25,26,27);1H. The van der Waals surface area contributed by atoms with Crippen molar-refractivity contribution in [2.75, 3.05) is 39.3 Å². The molecule has 2 N–H and O–H groups in total. The molecule has 0 radical (unpaired) electrons. The highest BCUT2D eigenvalue weighted by Gasteiger charge is 2.22. The van der Waals surface area contributed by atoms with Gasteiger partial charge in [0.15, 0.2) is 5.96 Å². The summed E-state index contributed by atoms with van der Waals surface area (Å²) in [4.78, 5) is 37.0. The van der Waals surface area contributed by atoms with Crippen LogP contribution in [0.2, 0.25) is 0 Å². The Hall–Kier alpha value is -2.11. The van der Waals surface area contributed by atoms with Crippen LogP contribution in [0.4, 0.5) is 4.79 Å². The van der Waals surface area contributed by atoms with Gasteiger partial charge in [-0.15, -0.1) is 24.0 Å². The maximum atomic E-state index is 12.7. The number of nitrogens with zero attached hydrogens (tertiary/aromatic N) is 4. The Balaban J connectivity index is 0.00000544.